The van der Waals surface area contributed by atoms with E-state index in [0.717, 1.165) is 25.9 Å². The minimum Gasteiger partial charge on any atom is -0.438 e. The number of hydrogen-bond donors (Lipinski definition) is 0. The highest BCUT2D eigenvalue weighted by atomic mass is 35.5. The molecule has 88 valence electrons. The highest BCUT2D eigenvalue weighted by Gasteiger charge is 2.26. The molecule has 0 N–H and O–H groups in total. The summed E-state index contributed by atoms with van der Waals surface area (Å²) < 4.78 is 5.10. The zero-order chi connectivity index (χ0) is 11.5. The van der Waals surface area contributed by atoms with Crippen LogP contribution in [-0.2, 0) is 0 Å². The number of oxazole rings is 1. The second-order valence-corrected chi connectivity index (χ2v) is 4.47. The Morgan fingerprint density at radius 2 is 2.31 bits per heavy atom. The molecule has 1 amide bonds. The van der Waals surface area contributed by atoms with Crippen molar-refractivity contribution in [2.24, 2.45) is 5.92 Å². The van der Waals surface area contributed by atoms with Crippen molar-refractivity contribution in [3.63, 3.8) is 0 Å². The Balaban J connectivity index is 2.00. The first-order chi connectivity index (χ1) is 7.72. The Hall–Kier alpha value is -1.03. The van der Waals surface area contributed by atoms with Crippen molar-refractivity contribution in [2.45, 2.75) is 19.8 Å². The summed E-state index contributed by atoms with van der Waals surface area (Å²) in [6, 6.07) is 0. The maximum atomic E-state index is 12.0. The first-order valence-electron chi connectivity index (χ1n) is 5.47. The number of aromatic nitrogens is 1. The van der Waals surface area contributed by atoms with Gasteiger partial charge in [0, 0.05) is 19.0 Å². The van der Waals surface area contributed by atoms with E-state index in [2.05, 4.69) is 4.98 Å². The number of amides is 1. The standard InChI is InChI=1S/C11H15ClN2O2/c1-8-10(16-7-13-8)11(15)14-4-2-9(6-12)3-5-14/h7,9H,2-6H2,1H3. The number of hydrogen-bond acceptors (Lipinski definition) is 3. The van der Waals surface area contributed by atoms with Gasteiger partial charge in [0.2, 0.25) is 5.76 Å². The van der Waals surface area contributed by atoms with Crippen LogP contribution >= 0.6 is 11.6 Å². The summed E-state index contributed by atoms with van der Waals surface area (Å²) in [6.07, 6.45) is 3.26. The predicted molar refractivity (Wildman–Crippen MR) is 60.6 cm³/mol. The molecule has 1 aromatic heterocycles. The SMILES string of the molecule is Cc1ncoc1C(=O)N1CCC(CCl)CC1. The monoisotopic (exact) mass is 242 g/mol. The molecular formula is C11H15ClN2O2. The molecule has 2 heterocycles. The van der Waals surface area contributed by atoms with E-state index >= 15 is 0 Å². The fourth-order valence-electron chi connectivity index (χ4n) is 1.94. The van der Waals surface area contributed by atoms with Crippen LogP contribution in [-0.4, -0.2) is 34.8 Å². The lowest BCUT2D eigenvalue weighted by molar-refractivity contribution is 0.0665. The number of piperidine rings is 1. The molecule has 0 bridgehead atoms. The van der Waals surface area contributed by atoms with E-state index in [1.54, 1.807) is 6.92 Å². The van der Waals surface area contributed by atoms with E-state index in [-0.39, 0.29) is 5.91 Å². The zero-order valence-corrected chi connectivity index (χ0v) is 10.0. The van der Waals surface area contributed by atoms with Crippen molar-refractivity contribution in [3.8, 4) is 0 Å². The van der Waals surface area contributed by atoms with E-state index in [1.807, 2.05) is 4.90 Å². The summed E-state index contributed by atoms with van der Waals surface area (Å²) in [4.78, 5) is 17.8. The van der Waals surface area contributed by atoms with Gasteiger partial charge in [-0.1, -0.05) is 0 Å². The van der Waals surface area contributed by atoms with Gasteiger partial charge in [-0.05, 0) is 25.7 Å². The second kappa shape index (κ2) is 4.87. The molecule has 1 fully saturated rings. The summed E-state index contributed by atoms with van der Waals surface area (Å²) in [5.74, 6) is 1.54. The second-order valence-electron chi connectivity index (χ2n) is 4.16. The van der Waals surface area contributed by atoms with Crippen LogP contribution in [0.3, 0.4) is 0 Å². The molecule has 0 saturated carbocycles. The molecule has 0 atom stereocenters. The molecule has 5 heteroatoms. The lowest BCUT2D eigenvalue weighted by Gasteiger charge is -2.30. The zero-order valence-electron chi connectivity index (χ0n) is 9.28. The van der Waals surface area contributed by atoms with Gasteiger partial charge in [-0.15, -0.1) is 11.6 Å². The summed E-state index contributed by atoms with van der Waals surface area (Å²) in [6.45, 7) is 3.30. The molecule has 4 nitrogen and oxygen atoms in total. The van der Waals surface area contributed by atoms with Crippen molar-refractivity contribution >= 4 is 17.5 Å². The maximum absolute atomic E-state index is 12.0. The number of aryl methyl sites for hydroxylation is 1. The molecule has 1 saturated heterocycles. The fourth-order valence-corrected chi connectivity index (χ4v) is 2.25. The van der Waals surface area contributed by atoms with E-state index < -0.39 is 0 Å². The topological polar surface area (TPSA) is 46.3 Å². The molecule has 0 radical (unpaired) electrons. The van der Waals surface area contributed by atoms with Crippen molar-refractivity contribution in [2.75, 3.05) is 19.0 Å². The average molecular weight is 243 g/mol. The van der Waals surface area contributed by atoms with Gasteiger partial charge < -0.3 is 9.32 Å². The minimum absolute atomic E-state index is 0.0528. The van der Waals surface area contributed by atoms with Crippen LogP contribution in [0, 0.1) is 12.8 Å². The summed E-state index contributed by atoms with van der Waals surface area (Å²) in [7, 11) is 0. The molecule has 0 aromatic carbocycles. The first kappa shape index (κ1) is 11.5. The third-order valence-electron chi connectivity index (χ3n) is 3.06. The summed E-state index contributed by atoms with van der Waals surface area (Å²) in [5.41, 5.74) is 0.657. The summed E-state index contributed by atoms with van der Waals surface area (Å²) >= 11 is 5.80. The van der Waals surface area contributed by atoms with Gasteiger partial charge in [-0.3, -0.25) is 4.79 Å². The highest BCUT2D eigenvalue weighted by molar-refractivity contribution is 6.18. The van der Waals surface area contributed by atoms with Crippen molar-refractivity contribution in [1.82, 2.24) is 9.88 Å². The molecule has 1 aliphatic heterocycles. The van der Waals surface area contributed by atoms with Crippen LogP contribution in [0.2, 0.25) is 0 Å². The van der Waals surface area contributed by atoms with Crippen LogP contribution in [0.4, 0.5) is 0 Å². The number of rotatable bonds is 2. The number of carbonyl (C=O) groups excluding carboxylic acids is 1. The molecule has 1 aromatic rings. The molecule has 2 rings (SSSR count). The van der Waals surface area contributed by atoms with Crippen molar-refractivity contribution in [3.05, 3.63) is 17.8 Å². The predicted octanol–water partition coefficient (Wildman–Crippen LogP) is 2.07. The smallest absolute Gasteiger partial charge is 0.291 e. The Kier molecular flexibility index (Phi) is 3.49. The molecule has 0 aliphatic carbocycles. The first-order valence-corrected chi connectivity index (χ1v) is 6.01. The molecular weight excluding hydrogens is 228 g/mol. The van der Waals surface area contributed by atoms with Crippen molar-refractivity contribution < 1.29 is 9.21 Å². The Bertz CT molecular complexity index is 370. The fraction of sp³-hybridized carbons (Fsp3) is 0.636. The van der Waals surface area contributed by atoms with E-state index in [1.165, 1.54) is 6.39 Å². The normalized spacial score (nSPS) is 17.8. The van der Waals surface area contributed by atoms with E-state index in [4.69, 9.17) is 16.0 Å². The number of halogens is 1. The van der Waals surface area contributed by atoms with Gasteiger partial charge in [0.15, 0.2) is 6.39 Å². The molecule has 16 heavy (non-hydrogen) atoms. The van der Waals surface area contributed by atoms with Crippen LogP contribution in [0.25, 0.3) is 0 Å². The van der Waals surface area contributed by atoms with Gasteiger partial charge in [0.05, 0.1) is 5.69 Å². The van der Waals surface area contributed by atoms with Gasteiger partial charge in [-0.25, -0.2) is 4.98 Å². The van der Waals surface area contributed by atoms with Crippen LogP contribution in [0.15, 0.2) is 10.8 Å². The quantitative estimate of drug-likeness (QED) is 0.746. The lowest BCUT2D eigenvalue weighted by Crippen LogP contribution is -2.38. The van der Waals surface area contributed by atoms with Crippen molar-refractivity contribution in [1.29, 1.82) is 0 Å². The lowest BCUT2D eigenvalue weighted by atomic mass is 9.99. The van der Waals surface area contributed by atoms with E-state index in [0.29, 0.717) is 23.3 Å². The van der Waals surface area contributed by atoms with Gasteiger partial charge in [0.1, 0.15) is 0 Å². The average Bonchev–Trinajstić information content (AvgIpc) is 2.75. The Morgan fingerprint density at radius 1 is 1.62 bits per heavy atom. The highest BCUT2D eigenvalue weighted by Crippen LogP contribution is 2.20. The third-order valence-corrected chi connectivity index (χ3v) is 3.50. The van der Waals surface area contributed by atoms with Gasteiger partial charge >= 0.3 is 0 Å². The number of nitrogens with zero attached hydrogens (tertiary/aromatic N) is 2. The van der Waals surface area contributed by atoms with Crippen LogP contribution < -0.4 is 0 Å². The Morgan fingerprint density at radius 3 is 2.81 bits per heavy atom. The minimum atomic E-state index is -0.0528. The number of carbonyl (C=O) groups is 1. The van der Waals surface area contributed by atoms with Gasteiger partial charge in [0.25, 0.3) is 5.91 Å². The Labute approximate surface area is 99.6 Å². The van der Waals surface area contributed by atoms with E-state index in [9.17, 15) is 4.79 Å². The largest absolute Gasteiger partial charge is 0.438 e. The third kappa shape index (κ3) is 2.21. The molecule has 1 aliphatic rings. The molecule has 0 spiro atoms. The number of alkyl halides is 1. The van der Waals surface area contributed by atoms with Crippen LogP contribution in [0.1, 0.15) is 29.1 Å². The summed E-state index contributed by atoms with van der Waals surface area (Å²) in [5, 5.41) is 0. The van der Waals surface area contributed by atoms with Crippen LogP contribution in [0.5, 0.6) is 0 Å². The number of likely N-dealkylation sites (tertiary alicyclic amines) is 1. The maximum Gasteiger partial charge on any atom is 0.291 e. The van der Waals surface area contributed by atoms with Gasteiger partial charge in [-0.2, -0.15) is 0 Å². The molecule has 0 unspecified atom stereocenters.